The van der Waals surface area contributed by atoms with Gasteiger partial charge in [0.15, 0.2) is 0 Å². The van der Waals surface area contributed by atoms with Crippen LogP contribution in [0.5, 0.6) is 5.75 Å². The van der Waals surface area contributed by atoms with Crippen molar-refractivity contribution < 1.29 is 9.53 Å². The molecule has 1 N–H and O–H groups in total. The summed E-state index contributed by atoms with van der Waals surface area (Å²) >= 11 is 7.17. The summed E-state index contributed by atoms with van der Waals surface area (Å²) in [6.45, 7) is 0. The van der Waals surface area contributed by atoms with Gasteiger partial charge in [0, 0.05) is 10.4 Å². The van der Waals surface area contributed by atoms with E-state index < -0.39 is 0 Å². The monoisotopic (exact) mass is 294 g/mol. The fourth-order valence-electron chi connectivity index (χ4n) is 1.36. The molecule has 2 rings (SSSR count). The molecule has 19 heavy (non-hydrogen) atoms. The molecule has 98 valence electrons. The minimum absolute atomic E-state index is 0.276. The van der Waals surface area contributed by atoms with Gasteiger partial charge < -0.3 is 4.74 Å². The van der Waals surface area contributed by atoms with Crippen molar-refractivity contribution in [2.75, 3.05) is 7.11 Å². The number of amides is 1. The van der Waals surface area contributed by atoms with E-state index in [1.54, 1.807) is 43.7 Å². The number of nitrogens with one attached hydrogen (secondary N) is 1. The number of hydrazone groups is 1. The Morgan fingerprint density at radius 3 is 2.63 bits per heavy atom. The molecule has 0 spiro atoms. The number of halogens is 1. The summed E-state index contributed by atoms with van der Waals surface area (Å²) in [6.07, 6.45) is 1.55. The molecule has 1 aromatic carbocycles. The third kappa shape index (κ3) is 3.81. The molecule has 1 heterocycles. The molecule has 0 aliphatic rings. The Kier molecular flexibility index (Phi) is 4.54. The molecule has 1 amide bonds. The van der Waals surface area contributed by atoms with Crippen molar-refractivity contribution in [3.05, 3.63) is 51.2 Å². The summed E-state index contributed by atoms with van der Waals surface area (Å²) in [4.78, 5) is 12.6. The maximum Gasteiger partial charge on any atom is 0.271 e. The molecule has 0 bridgehead atoms. The van der Waals surface area contributed by atoms with Crippen molar-refractivity contribution in [3.8, 4) is 5.75 Å². The highest BCUT2D eigenvalue weighted by Crippen LogP contribution is 2.19. The van der Waals surface area contributed by atoms with Crippen LogP contribution in [0.2, 0.25) is 4.34 Å². The van der Waals surface area contributed by atoms with Crippen molar-refractivity contribution in [2.24, 2.45) is 5.10 Å². The minimum atomic E-state index is -0.276. The van der Waals surface area contributed by atoms with E-state index in [1.807, 2.05) is 6.07 Å². The van der Waals surface area contributed by atoms with E-state index in [4.69, 9.17) is 16.3 Å². The van der Waals surface area contributed by atoms with E-state index >= 15 is 0 Å². The normalized spacial score (nSPS) is 10.6. The zero-order valence-electron chi connectivity index (χ0n) is 10.1. The van der Waals surface area contributed by atoms with E-state index in [1.165, 1.54) is 11.3 Å². The molecule has 0 unspecified atom stereocenters. The van der Waals surface area contributed by atoms with Gasteiger partial charge in [-0.2, -0.15) is 5.10 Å². The van der Waals surface area contributed by atoms with Crippen LogP contribution in [0.3, 0.4) is 0 Å². The van der Waals surface area contributed by atoms with Crippen LogP contribution in [0.4, 0.5) is 0 Å². The van der Waals surface area contributed by atoms with Gasteiger partial charge in [-0.15, -0.1) is 11.3 Å². The summed E-state index contributed by atoms with van der Waals surface area (Å²) in [5, 5.41) is 3.87. The van der Waals surface area contributed by atoms with Crippen molar-refractivity contribution in [1.82, 2.24) is 5.43 Å². The summed E-state index contributed by atoms with van der Waals surface area (Å²) < 4.78 is 5.70. The molecule has 0 saturated carbocycles. The van der Waals surface area contributed by atoms with E-state index in [9.17, 15) is 4.79 Å². The van der Waals surface area contributed by atoms with E-state index in [0.717, 1.165) is 4.88 Å². The molecule has 2 aromatic rings. The standard InChI is InChI=1S/C13H11ClN2O2S/c1-18-10-4-2-9(3-5-10)13(17)16-15-8-11-6-7-12(14)19-11/h2-8H,1H3,(H,16,17). The fraction of sp³-hybridized carbons (Fsp3) is 0.0769. The Balaban J connectivity index is 1.95. The second-order valence-corrected chi connectivity index (χ2v) is 5.32. The first-order valence-electron chi connectivity index (χ1n) is 5.42. The Morgan fingerprint density at radius 1 is 1.32 bits per heavy atom. The third-order valence-corrected chi connectivity index (χ3v) is 3.47. The van der Waals surface area contributed by atoms with Gasteiger partial charge in [0.2, 0.25) is 0 Å². The maximum atomic E-state index is 11.8. The molecular formula is C13H11ClN2O2S. The van der Waals surface area contributed by atoms with Crippen molar-refractivity contribution >= 4 is 35.1 Å². The van der Waals surface area contributed by atoms with E-state index in [2.05, 4.69) is 10.5 Å². The average Bonchev–Trinajstić information content (AvgIpc) is 2.84. The summed E-state index contributed by atoms with van der Waals surface area (Å²) in [5.74, 6) is 0.426. The SMILES string of the molecule is COc1ccc(C(=O)NN=Cc2ccc(Cl)s2)cc1. The Morgan fingerprint density at radius 2 is 2.05 bits per heavy atom. The summed E-state index contributed by atoms with van der Waals surface area (Å²) in [6, 6.07) is 10.4. The van der Waals surface area contributed by atoms with Gasteiger partial charge in [0.25, 0.3) is 5.91 Å². The largest absolute Gasteiger partial charge is 0.497 e. The van der Waals surface area contributed by atoms with Crippen LogP contribution in [-0.2, 0) is 0 Å². The molecule has 6 heteroatoms. The predicted molar refractivity (Wildman–Crippen MR) is 77.4 cm³/mol. The van der Waals surface area contributed by atoms with Crippen LogP contribution in [0.25, 0.3) is 0 Å². The summed E-state index contributed by atoms with van der Waals surface area (Å²) in [7, 11) is 1.57. The number of methoxy groups -OCH3 is 1. The third-order valence-electron chi connectivity index (χ3n) is 2.30. The second kappa shape index (κ2) is 6.36. The van der Waals surface area contributed by atoms with Gasteiger partial charge in [-0.05, 0) is 36.4 Å². The van der Waals surface area contributed by atoms with Crippen LogP contribution in [0, 0.1) is 0 Å². The fourth-order valence-corrected chi connectivity index (χ4v) is 2.29. The van der Waals surface area contributed by atoms with Crippen molar-refractivity contribution in [2.45, 2.75) is 0 Å². The average molecular weight is 295 g/mol. The van der Waals surface area contributed by atoms with Crippen LogP contribution in [0.15, 0.2) is 41.5 Å². The highest BCUT2D eigenvalue weighted by molar-refractivity contribution is 7.17. The highest BCUT2D eigenvalue weighted by atomic mass is 35.5. The van der Waals surface area contributed by atoms with Crippen LogP contribution >= 0.6 is 22.9 Å². The van der Waals surface area contributed by atoms with Crippen LogP contribution in [-0.4, -0.2) is 19.2 Å². The van der Waals surface area contributed by atoms with Gasteiger partial charge in [0.1, 0.15) is 5.75 Å². The van der Waals surface area contributed by atoms with Gasteiger partial charge >= 0.3 is 0 Å². The smallest absolute Gasteiger partial charge is 0.271 e. The number of hydrogen-bond acceptors (Lipinski definition) is 4. The first kappa shape index (κ1) is 13.6. The predicted octanol–water partition coefficient (Wildman–Crippen LogP) is 3.17. The first-order valence-corrected chi connectivity index (χ1v) is 6.61. The maximum absolute atomic E-state index is 11.8. The number of hydrogen-bond donors (Lipinski definition) is 1. The number of carbonyl (C=O) groups excluding carboxylic acids is 1. The van der Waals surface area contributed by atoms with E-state index in [-0.39, 0.29) is 5.91 Å². The lowest BCUT2D eigenvalue weighted by molar-refractivity contribution is 0.0955. The van der Waals surface area contributed by atoms with Crippen molar-refractivity contribution in [3.63, 3.8) is 0 Å². The molecule has 0 atom stereocenters. The van der Waals surface area contributed by atoms with Crippen LogP contribution in [0.1, 0.15) is 15.2 Å². The van der Waals surface area contributed by atoms with Crippen molar-refractivity contribution in [1.29, 1.82) is 0 Å². The quantitative estimate of drug-likeness (QED) is 0.695. The van der Waals surface area contributed by atoms with Gasteiger partial charge in [-0.1, -0.05) is 11.6 Å². The lowest BCUT2D eigenvalue weighted by Gasteiger charge is -2.01. The Bertz CT molecular complexity index is 593. The Hall–Kier alpha value is -1.85. The number of rotatable bonds is 4. The number of benzene rings is 1. The number of thiophene rings is 1. The topological polar surface area (TPSA) is 50.7 Å². The van der Waals surface area contributed by atoms with Gasteiger partial charge in [-0.3, -0.25) is 4.79 Å². The lowest BCUT2D eigenvalue weighted by atomic mass is 10.2. The molecule has 1 aromatic heterocycles. The number of carbonyl (C=O) groups is 1. The number of ether oxygens (including phenoxy) is 1. The lowest BCUT2D eigenvalue weighted by Crippen LogP contribution is -2.17. The molecule has 0 saturated heterocycles. The number of nitrogens with zero attached hydrogens (tertiary/aromatic N) is 1. The molecule has 0 aliphatic heterocycles. The molecule has 0 radical (unpaired) electrons. The van der Waals surface area contributed by atoms with Gasteiger partial charge in [-0.25, -0.2) is 5.43 Å². The highest BCUT2D eigenvalue weighted by Gasteiger charge is 2.03. The minimum Gasteiger partial charge on any atom is -0.497 e. The van der Waals surface area contributed by atoms with Gasteiger partial charge in [0.05, 0.1) is 17.7 Å². The Labute approximate surface area is 119 Å². The first-order chi connectivity index (χ1) is 9.19. The zero-order chi connectivity index (χ0) is 13.7. The zero-order valence-corrected chi connectivity index (χ0v) is 11.7. The van der Waals surface area contributed by atoms with Crippen LogP contribution < -0.4 is 10.2 Å². The summed E-state index contributed by atoms with van der Waals surface area (Å²) in [5.41, 5.74) is 2.96. The molecule has 0 aliphatic carbocycles. The van der Waals surface area contributed by atoms with E-state index in [0.29, 0.717) is 15.6 Å². The second-order valence-electron chi connectivity index (χ2n) is 3.57. The molecule has 4 nitrogen and oxygen atoms in total. The molecular weight excluding hydrogens is 284 g/mol. The molecule has 0 fully saturated rings.